The van der Waals surface area contributed by atoms with Crippen LogP contribution < -0.4 is 10.1 Å². The zero-order valence-electron chi connectivity index (χ0n) is 10.6. The van der Waals surface area contributed by atoms with Gasteiger partial charge < -0.3 is 15.2 Å². The molecule has 1 amide bonds. The number of ether oxygens (including phenoxy) is 1. The molecule has 0 saturated heterocycles. The summed E-state index contributed by atoms with van der Waals surface area (Å²) in [6, 6.07) is 7.60. The first-order valence-electron chi connectivity index (χ1n) is 6.23. The van der Waals surface area contributed by atoms with Gasteiger partial charge in [-0.1, -0.05) is 24.6 Å². The molecule has 0 radical (unpaired) electrons. The second-order valence-corrected chi connectivity index (χ2v) is 4.79. The van der Waals surface area contributed by atoms with E-state index in [9.17, 15) is 9.90 Å². The maximum Gasteiger partial charge on any atom is 0.228 e. The first kappa shape index (κ1) is 12.9. The van der Waals surface area contributed by atoms with Crippen LogP contribution in [0.4, 0.5) is 0 Å². The van der Waals surface area contributed by atoms with Crippen molar-refractivity contribution in [3.63, 3.8) is 0 Å². The molecule has 0 atom stereocenters. The fourth-order valence-electron chi connectivity index (χ4n) is 2.27. The number of carbonyl (C=O) groups excluding carboxylic acids is 1. The summed E-state index contributed by atoms with van der Waals surface area (Å²) in [5, 5.41) is 12.2. The minimum atomic E-state index is -0.540. The van der Waals surface area contributed by atoms with Crippen molar-refractivity contribution in [2.75, 3.05) is 13.7 Å². The van der Waals surface area contributed by atoms with Crippen molar-refractivity contribution in [1.82, 2.24) is 5.32 Å². The second-order valence-electron chi connectivity index (χ2n) is 4.79. The highest BCUT2D eigenvalue weighted by molar-refractivity contribution is 5.83. The first-order chi connectivity index (χ1) is 8.72. The molecule has 4 nitrogen and oxygen atoms in total. The number of methoxy groups -OCH3 is 1. The normalized spacial score (nSPS) is 16.8. The van der Waals surface area contributed by atoms with E-state index in [1.54, 1.807) is 7.11 Å². The first-order valence-corrected chi connectivity index (χ1v) is 6.23. The molecule has 1 fully saturated rings. The molecule has 18 heavy (non-hydrogen) atoms. The Morgan fingerprint density at radius 2 is 2.17 bits per heavy atom. The van der Waals surface area contributed by atoms with Gasteiger partial charge >= 0.3 is 0 Å². The van der Waals surface area contributed by atoms with E-state index >= 15 is 0 Å². The summed E-state index contributed by atoms with van der Waals surface area (Å²) in [4.78, 5) is 12.0. The highest BCUT2D eigenvalue weighted by Gasteiger charge is 2.43. The number of benzene rings is 1. The monoisotopic (exact) mass is 249 g/mol. The van der Waals surface area contributed by atoms with Gasteiger partial charge in [-0.25, -0.2) is 0 Å². The molecule has 0 heterocycles. The molecular weight excluding hydrogens is 230 g/mol. The van der Waals surface area contributed by atoms with Crippen LogP contribution in [0.2, 0.25) is 0 Å². The van der Waals surface area contributed by atoms with Gasteiger partial charge in [0.2, 0.25) is 5.91 Å². The molecule has 98 valence electrons. The number of nitrogens with one attached hydrogen (secondary N) is 1. The van der Waals surface area contributed by atoms with E-state index in [1.165, 1.54) is 0 Å². The zero-order chi connectivity index (χ0) is 13.0. The van der Waals surface area contributed by atoms with Crippen molar-refractivity contribution >= 4 is 5.91 Å². The van der Waals surface area contributed by atoms with Crippen LogP contribution in [0.1, 0.15) is 24.8 Å². The third-order valence-corrected chi connectivity index (χ3v) is 3.73. The van der Waals surface area contributed by atoms with Gasteiger partial charge in [0.25, 0.3) is 0 Å². The van der Waals surface area contributed by atoms with Gasteiger partial charge in [-0.05, 0) is 18.9 Å². The van der Waals surface area contributed by atoms with Gasteiger partial charge in [-0.15, -0.1) is 0 Å². The average Bonchev–Trinajstić information content (AvgIpc) is 2.36. The molecule has 1 aromatic carbocycles. The Balaban J connectivity index is 1.97. The molecule has 0 aliphatic heterocycles. The lowest BCUT2D eigenvalue weighted by atomic mass is 9.68. The minimum Gasteiger partial charge on any atom is -0.496 e. The number of aliphatic hydroxyl groups is 1. The van der Waals surface area contributed by atoms with Crippen molar-refractivity contribution < 1.29 is 14.6 Å². The lowest BCUT2D eigenvalue weighted by molar-refractivity contribution is -0.139. The van der Waals surface area contributed by atoms with Crippen LogP contribution in [0.5, 0.6) is 5.75 Å². The molecule has 2 N–H and O–H groups in total. The van der Waals surface area contributed by atoms with Crippen LogP contribution >= 0.6 is 0 Å². The van der Waals surface area contributed by atoms with E-state index in [-0.39, 0.29) is 12.5 Å². The number of carbonyl (C=O) groups is 1. The standard InChI is InChI=1S/C14H19NO3/c1-18-12-6-3-2-5-11(12)9-15-13(17)14(10-16)7-4-8-14/h2-3,5-6,16H,4,7-10H2,1H3,(H,15,17). The molecule has 0 aromatic heterocycles. The summed E-state index contributed by atoms with van der Waals surface area (Å²) in [6.45, 7) is 0.370. The van der Waals surface area contributed by atoms with E-state index in [0.717, 1.165) is 30.6 Å². The Bertz CT molecular complexity index is 421. The Kier molecular flexibility index (Phi) is 3.87. The van der Waals surface area contributed by atoms with Crippen molar-refractivity contribution in [1.29, 1.82) is 0 Å². The second kappa shape index (κ2) is 5.40. The number of para-hydroxylation sites is 1. The molecule has 1 saturated carbocycles. The Morgan fingerprint density at radius 3 is 2.72 bits per heavy atom. The topological polar surface area (TPSA) is 58.6 Å². The predicted octanol–water partition coefficient (Wildman–Crippen LogP) is 1.47. The largest absolute Gasteiger partial charge is 0.496 e. The number of amides is 1. The molecule has 0 unspecified atom stereocenters. The molecule has 1 aliphatic carbocycles. The van der Waals surface area contributed by atoms with Gasteiger partial charge in [-0.3, -0.25) is 4.79 Å². The molecular formula is C14H19NO3. The fourth-order valence-corrected chi connectivity index (χ4v) is 2.27. The number of hydrogen-bond acceptors (Lipinski definition) is 3. The SMILES string of the molecule is COc1ccccc1CNC(=O)C1(CO)CCC1. The Labute approximate surface area is 107 Å². The van der Waals surface area contributed by atoms with Crippen LogP contribution in [0.3, 0.4) is 0 Å². The lowest BCUT2D eigenvalue weighted by Crippen LogP contribution is -2.47. The van der Waals surface area contributed by atoms with E-state index in [0.29, 0.717) is 6.54 Å². The molecule has 0 spiro atoms. The smallest absolute Gasteiger partial charge is 0.228 e. The summed E-state index contributed by atoms with van der Waals surface area (Å²) in [6.07, 6.45) is 2.57. The van der Waals surface area contributed by atoms with Gasteiger partial charge in [-0.2, -0.15) is 0 Å². The van der Waals surface area contributed by atoms with Crippen LogP contribution in [-0.2, 0) is 11.3 Å². The number of aliphatic hydroxyl groups excluding tert-OH is 1. The third kappa shape index (κ3) is 2.34. The van der Waals surface area contributed by atoms with Crippen LogP contribution in [0, 0.1) is 5.41 Å². The maximum absolute atomic E-state index is 12.0. The van der Waals surface area contributed by atoms with Crippen LogP contribution in [-0.4, -0.2) is 24.7 Å². The van der Waals surface area contributed by atoms with E-state index in [1.807, 2.05) is 24.3 Å². The van der Waals surface area contributed by atoms with Gasteiger partial charge in [0, 0.05) is 12.1 Å². The molecule has 4 heteroatoms. The van der Waals surface area contributed by atoms with Crippen LogP contribution in [0.25, 0.3) is 0 Å². The predicted molar refractivity (Wildman–Crippen MR) is 68.2 cm³/mol. The van der Waals surface area contributed by atoms with Crippen molar-refractivity contribution in [3.8, 4) is 5.75 Å². The Morgan fingerprint density at radius 1 is 1.44 bits per heavy atom. The average molecular weight is 249 g/mol. The molecule has 2 rings (SSSR count). The fraction of sp³-hybridized carbons (Fsp3) is 0.500. The lowest BCUT2D eigenvalue weighted by Gasteiger charge is -2.38. The summed E-state index contributed by atoms with van der Waals surface area (Å²) >= 11 is 0. The highest BCUT2D eigenvalue weighted by Crippen LogP contribution is 2.40. The van der Waals surface area contributed by atoms with Crippen molar-refractivity contribution in [2.24, 2.45) is 5.41 Å². The molecule has 0 bridgehead atoms. The van der Waals surface area contributed by atoms with Gasteiger partial charge in [0.1, 0.15) is 5.75 Å². The van der Waals surface area contributed by atoms with Gasteiger partial charge in [0.15, 0.2) is 0 Å². The quantitative estimate of drug-likeness (QED) is 0.831. The number of hydrogen-bond donors (Lipinski definition) is 2. The summed E-state index contributed by atoms with van der Waals surface area (Å²) in [5.41, 5.74) is 0.405. The highest BCUT2D eigenvalue weighted by atomic mass is 16.5. The summed E-state index contributed by atoms with van der Waals surface area (Å²) < 4.78 is 5.23. The summed E-state index contributed by atoms with van der Waals surface area (Å²) in [5.74, 6) is 0.714. The number of rotatable bonds is 5. The van der Waals surface area contributed by atoms with E-state index < -0.39 is 5.41 Å². The minimum absolute atomic E-state index is 0.0536. The zero-order valence-corrected chi connectivity index (χ0v) is 10.6. The van der Waals surface area contributed by atoms with Crippen molar-refractivity contribution in [2.45, 2.75) is 25.8 Å². The van der Waals surface area contributed by atoms with Crippen LogP contribution in [0.15, 0.2) is 24.3 Å². The van der Waals surface area contributed by atoms with Crippen molar-refractivity contribution in [3.05, 3.63) is 29.8 Å². The third-order valence-electron chi connectivity index (χ3n) is 3.73. The molecule has 1 aliphatic rings. The van der Waals surface area contributed by atoms with E-state index in [2.05, 4.69) is 5.32 Å². The Hall–Kier alpha value is -1.55. The van der Waals surface area contributed by atoms with E-state index in [4.69, 9.17) is 4.74 Å². The summed E-state index contributed by atoms with van der Waals surface area (Å²) in [7, 11) is 1.61. The maximum atomic E-state index is 12.0. The van der Waals surface area contributed by atoms with Gasteiger partial charge in [0.05, 0.1) is 19.1 Å². The molecule has 1 aromatic rings.